The number of ether oxygens (including phenoxy) is 1. The number of nitrogens with zero attached hydrogens (tertiary/aromatic N) is 3. The molecule has 0 N–H and O–H groups in total. The molecule has 22 heavy (non-hydrogen) atoms. The van der Waals surface area contributed by atoms with Gasteiger partial charge in [-0.25, -0.2) is 0 Å². The summed E-state index contributed by atoms with van der Waals surface area (Å²) in [6.07, 6.45) is 1.64. The first-order chi connectivity index (χ1) is 10.8. The molecule has 0 spiro atoms. The van der Waals surface area contributed by atoms with E-state index in [1.807, 2.05) is 6.07 Å². The van der Waals surface area contributed by atoms with Gasteiger partial charge in [0.25, 0.3) is 0 Å². The van der Waals surface area contributed by atoms with E-state index in [-0.39, 0.29) is 0 Å². The van der Waals surface area contributed by atoms with Crippen LogP contribution in [0.5, 0.6) is 0 Å². The van der Waals surface area contributed by atoms with Crippen molar-refractivity contribution in [2.75, 3.05) is 33.3 Å². The van der Waals surface area contributed by atoms with Gasteiger partial charge < -0.3 is 9.26 Å². The van der Waals surface area contributed by atoms with E-state index in [1.165, 1.54) is 11.1 Å². The van der Waals surface area contributed by atoms with E-state index in [0.717, 1.165) is 45.0 Å². The lowest BCUT2D eigenvalue weighted by Crippen LogP contribution is -2.45. The normalized spacial score (nSPS) is 17.0. The zero-order valence-electron chi connectivity index (χ0n) is 13.1. The number of methoxy groups -OCH3 is 1. The van der Waals surface area contributed by atoms with Crippen LogP contribution in [0.2, 0.25) is 0 Å². The van der Waals surface area contributed by atoms with Gasteiger partial charge >= 0.3 is 0 Å². The molecular weight excluding hydrogens is 278 g/mol. The Morgan fingerprint density at radius 3 is 2.18 bits per heavy atom. The van der Waals surface area contributed by atoms with Crippen molar-refractivity contribution in [1.29, 1.82) is 0 Å². The summed E-state index contributed by atoms with van der Waals surface area (Å²) in [6, 6.07) is 10.7. The van der Waals surface area contributed by atoms with Crippen LogP contribution in [0.15, 0.2) is 41.1 Å². The summed E-state index contributed by atoms with van der Waals surface area (Å²) in [6.45, 7) is 6.93. The van der Waals surface area contributed by atoms with Crippen molar-refractivity contribution in [1.82, 2.24) is 15.0 Å². The summed E-state index contributed by atoms with van der Waals surface area (Å²) in [5.74, 6) is 0. The highest BCUT2D eigenvalue weighted by molar-refractivity contribution is 5.22. The van der Waals surface area contributed by atoms with Gasteiger partial charge in [-0.2, -0.15) is 0 Å². The molecule has 1 aliphatic rings. The lowest BCUT2D eigenvalue weighted by atomic mass is 10.1. The Morgan fingerprint density at radius 2 is 1.59 bits per heavy atom. The van der Waals surface area contributed by atoms with Crippen molar-refractivity contribution < 1.29 is 9.26 Å². The van der Waals surface area contributed by atoms with E-state index in [0.29, 0.717) is 6.61 Å². The molecule has 5 nitrogen and oxygen atoms in total. The molecular formula is C17H23N3O2. The monoisotopic (exact) mass is 301 g/mol. The van der Waals surface area contributed by atoms with Gasteiger partial charge in [0.1, 0.15) is 6.26 Å². The second-order valence-electron chi connectivity index (χ2n) is 5.79. The Morgan fingerprint density at radius 1 is 0.955 bits per heavy atom. The highest BCUT2D eigenvalue weighted by Gasteiger charge is 2.17. The van der Waals surface area contributed by atoms with Gasteiger partial charge in [-0.1, -0.05) is 29.4 Å². The predicted molar refractivity (Wildman–Crippen MR) is 84.2 cm³/mol. The molecule has 0 saturated carbocycles. The second kappa shape index (κ2) is 7.54. The average molecular weight is 301 g/mol. The molecule has 1 fully saturated rings. The fourth-order valence-electron chi connectivity index (χ4n) is 2.82. The lowest BCUT2D eigenvalue weighted by Gasteiger charge is -2.34. The minimum atomic E-state index is 0.682. The van der Waals surface area contributed by atoms with Crippen LogP contribution in [0.4, 0.5) is 0 Å². The quantitative estimate of drug-likeness (QED) is 0.817. The molecule has 0 atom stereocenters. The lowest BCUT2D eigenvalue weighted by molar-refractivity contribution is 0.120. The van der Waals surface area contributed by atoms with Gasteiger partial charge in [-0.3, -0.25) is 9.80 Å². The van der Waals surface area contributed by atoms with E-state index in [9.17, 15) is 0 Å². The highest BCUT2D eigenvalue weighted by atomic mass is 16.5. The zero-order valence-corrected chi connectivity index (χ0v) is 13.1. The SMILES string of the molecule is COCc1ccc(CN2CCN(Cc3ccon3)CC2)cc1. The number of piperazine rings is 1. The van der Waals surface area contributed by atoms with Gasteiger partial charge in [0, 0.05) is 52.4 Å². The Balaban J connectivity index is 1.45. The maximum absolute atomic E-state index is 5.14. The third-order valence-electron chi connectivity index (χ3n) is 4.08. The minimum Gasteiger partial charge on any atom is -0.380 e. The van der Waals surface area contributed by atoms with Crippen LogP contribution in [0.1, 0.15) is 16.8 Å². The Bertz CT molecular complexity index is 546. The van der Waals surface area contributed by atoms with E-state index < -0.39 is 0 Å². The minimum absolute atomic E-state index is 0.682. The molecule has 2 heterocycles. The maximum atomic E-state index is 5.14. The number of rotatable bonds is 6. The van der Waals surface area contributed by atoms with Crippen LogP contribution in [0, 0.1) is 0 Å². The molecule has 1 saturated heterocycles. The zero-order chi connectivity index (χ0) is 15.2. The third-order valence-corrected chi connectivity index (χ3v) is 4.08. The van der Waals surface area contributed by atoms with E-state index in [1.54, 1.807) is 13.4 Å². The fourth-order valence-corrected chi connectivity index (χ4v) is 2.82. The van der Waals surface area contributed by atoms with Gasteiger partial charge in [-0.15, -0.1) is 0 Å². The molecule has 118 valence electrons. The van der Waals surface area contributed by atoms with Crippen LogP contribution >= 0.6 is 0 Å². The molecule has 1 aliphatic heterocycles. The van der Waals surface area contributed by atoms with Crippen LogP contribution in [0.25, 0.3) is 0 Å². The second-order valence-corrected chi connectivity index (χ2v) is 5.79. The van der Waals surface area contributed by atoms with Crippen molar-refractivity contribution in [3.63, 3.8) is 0 Å². The van der Waals surface area contributed by atoms with Gasteiger partial charge in [-0.05, 0) is 11.1 Å². The molecule has 0 amide bonds. The molecule has 0 bridgehead atoms. The van der Waals surface area contributed by atoms with E-state index in [2.05, 4.69) is 39.2 Å². The van der Waals surface area contributed by atoms with Gasteiger partial charge in [0.2, 0.25) is 0 Å². The molecule has 0 unspecified atom stereocenters. The van der Waals surface area contributed by atoms with Crippen LogP contribution < -0.4 is 0 Å². The van der Waals surface area contributed by atoms with Crippen LogP contribution in [-0.2, 0) is 24.4 Å². The van der Waals surface area contributed by atoms with Crippen molar-refractivity contribution >= 4 is 0 Å². The van der Waals surface area contributed by atoms with Gasteiger partial charge in [0.15, 0.2) is 0 Å². The van der Waals surface area contributed by atoms with Crippen molar-refractivity contribution in [3.8, 4) is 0 Å². The Labute approximate surface area is 131 Å². The summed E-state index contributed by atoms with van der Waals surface area (Å²) >= 11 is 0. The predicted octanol–water partition coefficient (Wildman–Crippen LogP) is 2.14. The Kier molecular flexibility index (Phi) is 5.21. The molecule has 0 aliphatic carbocycles. The van der Waals surface area contributed by atoms with Gasteiger partial charge in [0.05, 0.1) is 12.3 Å². The smallest absolute Gasteiger partial charge is 0.124 e. The number of benzene rings is 1. The molecule has 1 aromatic carbocycles. The third kappa shape index (κ3) is 4.16. The number of hydrogen-bond donors (Lipinski definition) is 0. The summed E-state index contributed by atoms with van der Waals surface area (Å²) in [5, 5.41) is 3.98. The first kappa shape index (κ1) is 15.2. The summed E-state index contributed by atoms with van der Waals surface area (Å²) < 4.78 is 10.0. The van der Waals surface area contributed by atoms with E-state index >= 15 is 0 Å². The first-order valence-corrected chi connectivity index (χ1v) is 7.74. The van der Waals surface area contributed by atoms with Crippen molar-refractivity contribution in [2.24, 2.45) is 0 Å². The standard InChI is InChI=1S/C17H23N3O2/c1-21-14-16-4-2-15(3-5-16)12-19-7-9-20(10-8-19)13-17-6-11-22-18-17/h2-6,11H,7-10,12-14H2,1H3. The first-order valence-electron chi connectivity index (χ1n) is 7.74. The number of hydrogen-bond acceptors (Lipinski definition) is 5. The topological polar surface area (TPSA) is 41.7 Å². The molecule has 0 radical (unpaired) electrons. The highest BCUT2D eigenvalue weighted by Crippen LogP contribution is 2.12. The molecule has 3 rings (SSSR count). The average Bonchev–Trinajstić information content (AvgIpc) is 3.04. The summed E-state index contributed by atoms with van der Waals surface area (Å²) in [7, 11) is 1.73. The molecule has 1 aromatic heterocycles. The summed E-state index contributed by atoms with van der Waals surface area (Å²) in [5.41, 5.74) is 3.61. The number of aromatic nitrogens is 1. The van der Waals surface area contributed by atoms with Crippen LogP contribution in [-0.4, -0.2) is 48.2 Å². The van der Waals surface area contributed by atoms with E-state index in [4.69, 9.17) is 9.26 Å². The molecule has 5 heteroatoms. The molecule has 2 aromatic rings. The van der Waals surface area contributed by atoms with Crippen LogP contribution in [0.3, 0.4) is 0 Å². The van der Waals surface area contributed by atoms with Crippen molar-refractivity contribution in [3.05, 3.63) is 53.4 Å². The van der Waals surface area contributed by atoms with Crippen molar-refractivity contribution in [2.45, 2.75) is 19.7 Å². The Hall–Kier alpha value is -1.69. The maximum Gasteiger partial charge on any atom is 0.124 e. The summed E-state index contributed by atoms with van der Waals surface area (Å²) in [4.78, 5) is 4.93. The fraction of sp³-hybridized carbons (Fsp3) is 0.471. The largest absolute Gasteiger partial charge is 0.380 e.